The molecule has 94 valence electrons. The van der Waals surface area contributed by atoms with E-state index in [4.69, 9.17) is 4.52 Å². The number of rotatable bonds is 2. The number of aromatic nitrogens is 2. The van der Waals surface area contributed by atoms with E-state index in [0.29, 0.717) is 24.1 Å². The molecule has 17 heavy (non-hydrogen) atoms. The van der Waals surface area contributed by atoms with Gasteiger partial charge in [-0.2, -0.15) is 16.7 Å². The van der Waals surface area contributed by atoms with Crippen LogP contribution in [-0.4, -0.2) is 33.6 Å². The number of thioether (sulfide) groups is 1. The molecule has 2 aliphatic rings. The Labute approximate surface area is 104 Å². The van der Waals surface area contributed by atoms with Gasteiger partial charge in [0.2, 0.25) is 5.89 Å². The summed E-state index contributed by atoms with van der Waals surface area (Å²) in [5.74, 6) is 2.64. The summed E-state index contributed by atoms with van der Waals surface area (Å²) >= 11 is 1.92. The third kappa shape index (κ3) is 2.48. The van der Waals surface area contributed by atoms with Crippen molar-refractivity contribution >= 4 is 11.8 Å². The van der Waals surface area contributed by atoms with E-state index in [1.54, 1.807) is 0 Å². The van der Waals surface area contributed by atoms with Crippen molar-refractivity contribution in [3.63, 3.8) is 0 Å². The zero-order valence-corrected chi connectivity index (χ0v) is 10.4. The van der Waals surface area contributed by atoms with Gasteiger partial charge in [-0.1, -0.05) is 11.6 Å². The van der Waals surface area contributed by atoms with E-state index in [1.807, 2.05) is 11.8 Å². The fourth-order valence-electron chi connectivity index (χ4n) is 2.37. The van der Waals surface area contributed by atoms with Crippen LogP contribution in [0.15, 0.2) is 4.52 Å². The van der Waals surface area contributed by atoms with Gasteiger partial charge in [0.05, 0.1) is 17.4 Å². The predicted molar refractivity (Wildman–Crippen MR) is 64.7 cm³/mol. The Kier molecular flexibility index (Phi) is 3.35. The van der Waals surface area contributed by atoms with Crippen LogP contribution < -0.4 is 5.32 Å². The van der Waals surface area contributed by atoms with Gasteiger partial charge < -0.3 is 14.9 Å². The summed E-state index contributed by atoms with van der Waals surface area (Å²) in [5.41, 5.74) is 0. The van der Waals surface area contributed by atoms with Crippen LogP contribution in [0.25, 0.3) is 0 Å². The normalized spacial score (nSPS) is 34.1. The second-order valence-corrected chi connectivity index (χ2v) is 6.01. The lowest BCUT2D eigenvalue weighted by Crippen LogP contribution is -2.15. The summed E-state index contributed by atoms with van der Waals surface area (Å²) in [6.45, 7) is 0.612. The monoisotopic (exact) mass is 255 g/mol. The van der Waals surface area contributed by atoms with E-state index in [9.17, 15) is 5.11 Å². The molecule has 0 aliphatic carbocycles. The van der Waals surface area contributed by atoms with Crippen molar-refractivity contribution in [2.75, 3.05) is 12.3 Å². The van der Waals surface area contributed by atoms with Crippen molar-refractivity contribution in [2.24, 2.45) is 0 Å². The SMILES string of the molecule is OC1CN[C@H](c2nc(C3CCCCS3)no2)C1. The maximum atomic E-state index is 9.46. The first-order valence-corrected chi connectivity index (χ1v) is 7.24. The summed E-state index contributed by atoms with van der Waals surface area (Å²) in [5, 5.41) is 17.1. The molecule has 3 rings (SSSR count). The lowest BCUT2D eigenvalue weighted by molar-refractivity contribution is 0.191. The van der Waals surface area contributed by atoms with Crippen LogP contribution in [0.1, 0.15) is 48.7 Å². The van der Waals surface area contributed by atoms with Crippen LogP contribution in [0.2, 0.25) is 0 Å². The minimum atomic E-state index is -0.292. The third-order valence-corrected chi connectivity index (χ3v) is 4.70. The first-order valence-electron chi connectivity index (χ1n) is 6.19. The highest BCUT2D eigenvalue weighted by Crippen LogP contribution is 2.37. The lowest BCUT2D eigenvalue weighted by atomic mass is 10.2. The molecule has 2 saturated heterocycles. The van der Waals surface area contributed by atoms with Gasteiger partial charge in [0.25, 0.3) is 0 Å². The minimum absolute atomic E-state index is 0.0276. The van der Waals surface area contributed by atoms with Crippen LogP contribution in [-0.2, 0) is 0 Å². The first kappa shape index (κ1) is 11.5. The maximum absolute atomic E-state index is 9.46. The molecule has 0 amide bonds. The molecule has 6 heteroatoms. The molecule has 0 spiro atoms. The van der Waals surface area contributed by atoms with Gasteiger partial charge in [-0.3, -0.25) is 0 Å². The van der Waals surface area contributed by atoms with E-state index in [1.165, 1.54) is 18.6 Å². The first-order chi connectivity index (χ1) is 8.33. The molecular weight excluding hydrogens is 238 g/mol. The summed E-state index contributed by atoms with van der Waals surface area (Å²) in [7, 11) is 0. The highest BCUT2D eigenvalue weighted by atomic mass is 32.2. The van der Waals surface area contributed by atoms with Gasteiger partial charge in [0.15, 0.2) is 5.82 Å². The molecule has 1 aromatic heterocycles. The smallest absolute Gasteiger partial charge is 0.243 e. The number of nitrogens with zero attached hydrogens (tertiary/aromatic N) is 2. The van der Waals surface area contributed by atoms with Gasteiger partial charge in [0, 0.05) is 6.54 Å². The fourth-order valence-corrected chi connectivity index (χ4v) is 3.60. The molecule has 0 bridgehead atoms. The van der Waals surface area contributed by atoms with Crippen molar-refractivity contribution < 1.29 is 9.63 Å². The zero-order valence-electron chi connectivity index (χ0n) is 9.63. The fraction of sp³-hybridized carbons (Fsp3) is 0.818. The molecular formula is C11H17N3O2S. The Morgan fingerprint density at radius 3 is 3.06 bits per heavy atom. The van der Waals surface area contributed by atoms with Crippen LogP contribution >= 0.6 is 11.8 Å². The average Bonchev–Trinajstić information content (AvgIpc) is 2.98. The number of β-amino-alcohol motifs (C(OH)–C–C–N with tert-alkyl or cyclic N) is 1. The number of hydrogen-bond donors (Lipinski definition) is 2. The number of nitrogens with one attached hydrogen (secondary N) is 1. The molecule has 3 atom stereocenters. The largest absolute Gasteiger partial charge is 0.392 e. The van der Waals surface area contributed by atoms with E-state index < -0.39 is 0 Å². The number of hydrogen-bond acceptors (Lipinski definition) is 6. The molecule has 2 fully saturated rings. The van der Waals surface area contributed by atoms with Crippen molar-refractivity contribution in [3.05, 3.63) is 11.7 Å². The Morgan fingerprint density at radius 2 is 2.35 bits per heavy atom. The molecule has 0 aromatic carbocycles. The molecule has 0 radical (unpaired) electrons. The molecule has 0 saturated carbocycles. The molecule has 5 nitrogen and oxygen atoms in total. The molecule has 2 N–H and O–H groups in total. The summed E-state index contributed by atoms with van der Waals surface area (Å²) in [6.07, 6.45) is 4.06. The Balaban J connectivity index is 1.69. The van der Waals surface area contributed by atoms with Gasteiger partial charge in [-0.15, -0.1) is 0 Å². The zero-order chi connectivity index (χ0) is 11.7. The van der Waals surface area contributed by atoms with E-state index in [0.717, 1.165) is 12.2 Å². The van der Waals surface area contributed by atoms with Crippen LogP contribution in [0.5, 0.6) is 0 Å². The quantitative estimate of drug-likeness (QED) is 0.833. The molecule has 3 heterocycles. The molecule has 1 aromatic rings. The Hall–Kier alpha value is -0.590. The van der Waals surface area contributed by atoms with Gasteiger partial charge in [-0.05, 0) is 25.0 Å². The predicted octanol–water partition coefficient (Wildman–Crippen LogP) is 1.42. The molecule has 2 unspecified atom stereocenters. The second-order valence-electron chi connectivity index (χ2n) is 4.70. The topological polar surface area (TPSA) is 71.2 Å². The average molecular weight is 255 g/mol. The van der Waals surface area contributed by atoms with Crippen LogP contribution in [0.4, 0.5) is 0 Å². The maximum Gasteiger partial charge on any atom is 0.243 e. The van der Waals surface area contributed by atoms with Gasteiger partial charge in [0.1, 0.15) is 0 Å². The summed E-state index contributed by atoms with van der Waals surface area (Å²) < 4.78 is 5.30. The Morgan fingerprint density at radius 1 is 1.41 bits per heavy atom. The van der Waals surface area contributed by atoms with Crippen molar-refractivity contribution in [3.8, 4) is 0 Å². The van der Waals surface area contributed by atoms with Crippen molar-refractivity contribution in [1.29, 1.82) is 0 Å². The second kappa shape index (κ2) is 4.96. The molecule has 2 aliphatic heterocycles. The van der Waals surface area contributed by atoms with Gasteiger partial charge >= 0.3 is 0 Å². The van der Waals surface area contributed by atoms with E-state index in [2.05, 4.69) is 15.5 Å². The van der Waals surface area contributed by atoms with Crippen LogP contribution in [0.3, 0.4) is 0 Å². The van der Waals surface area contributed by atoms with E-state index >= 15 is 0 Å². The number of aliphatic hydroxyl groups excluding tert-OH is 1. The van der Waals surface area contributed by atoms with Gasteiger partial charge in [-0.25, -0.2) is 0 Å². The highest BCUT2D eigenvalue weighted by molar-refractivity contribution is 7.99. The minimum Gasteiger partial charge on any atom is -0.392 e. The third-order valence-electron chi connectivity index (χ3n) is 3.33. The highest BCUT2D eigenvalue weighted by Gasteiger charge is 2.29. The standard InChI is InChI=1S/C11H17N3O2S/c15-7-5-8(12-6-7)11-13-10(14-16-11)9-3-1-2-4-17-9/h7-9,12,15H,1-6H2/t7?,8-,9?/m0/s1. The summed E-state index contributed by atoms with van der Waals surface area (Å²) in [6, 6.07) is 0.0276. The van der Waals surface area contributed by atoms with Crippen LogP contribution in [0, 0.1) is 0 Å². The summed E-state index contributed by atoms with van der Waals surface area (Å²) in [4.78, 5) is 4.48. The number of aliphatic hydroxyl groups is 1. The Bertz CT molecular complexity index is 359. The van der Waals surface area contributed by atoms with Crippen molar-refractivity contribution in [2.45, 2.75) is 43.1 Å². The lowest BCUT2D eigenvalue weighted by Gasteiger charge is -2.17. The van der Waals surface area contributed by atoms with E-state index in [-0.39, 0.29) is 12.1 Å². The van der Waals surface area contributed by atoms with Crippen molar-refractivity contribution in [1.82, 2.24) is 15.5 Å².